The average Bonchev–Trinajstić information content (AvgIpc) is 3.11. The molecule has 1 aromatic carbocycles. The molecule has 1 saturated carbocycles. The van der Waals surface area contributed by atoms with Crippen LogP contribution in [-0.2, 0) is 9.59 Å². The Kier molecular flexibility index (Phi) is 2.22. The number of barbiturate groups is 1. The molecule has 92 valence electrons. The summed E-state index contributed by atoms with van der Waals surface area (Å²) < 4.78 is 0. The molecule has 5 nitrogen and oxygen atoms in total. The van der Waals surface area contributed by atoms with Crippen LogP contribution < -0.4 is 10.2 Å². The summed E-state index contributed by atoms with van der Waals surface area (Å²) >= 11 is 5.76. The third-order valence-corrected chi connectivity index (χ3v) is 3.56. The van der Waals surface area contributed by atoms with Crippen LogP contribution in [-0.4, -0.2) is 17.8 Å². The van der Waals surface area contributed by atoms with Gasteiger partial charge in [-0.15, -0.1) is 0 Å². The first-order valence-electron chi connectivity index (χ1n) is 5.50. The summed E-state index contributed by atoms with van der Waals surface area (Å²) in [4.78, 5) is 36.6. The molecule has 2 aliphatic rings. The van der Waals surface area contributed by atoms with E-state index in [0.29, 0.717) is 23.6 Å². The Morgan fingerprint density at radius 1 is 1.11 bits per heavy atom. The molecule has 1 saturated heterocycles. The van der Waals surface area contributed by atoms with E-state index < -0.39 is 23.3 Å². The summed E-state index contributed by atoms with van der Waals surface area (Å²) in [5, 5.41) is 2.73. The van der Waals surface area contributed by atoms with Crippen molar-refractivity contribution in [3.8, 4) is 0 Å². The van der Waals surface area contributed by atoms with Crippen LogP contribution in [0.25, 0.3) is 0 Å². The number of urea groups is 1. The highest BCUT2D eigenvalue weighted by molar-refractivity contribution is 6.32. The van der Waals surface area contributed by atoms with E-state index >= 15 is 0 Å². The summed E-state index contributed by atoms with van der Waals surface area (Å²) in [5.41, 5.74) is -0.603. The van der Waals surface area contributed by atoms with Crippen LogP contribution in [0, 0.1) is 5.41 Å². The predicted molar refractivity (Wildman–Crippen MR) is 64.1 cm³/mol. The van der Waals surface area contributed by atoms with Crippen molar-refractivity contribution in [2.24, 2.45) is 5.41 Å². The highest BCUT2D eigenvalue weighted by Crippen LogP contribution is 2.49. The lowest BCUT2D eigenvalue weighted by molar-refractivity contribution is -0.136. The third kappa shape index (κ3) is 1.44. The summed E-state index contributed by atoms with van der Waals surface area (Å²) in [6.07, 6.45) is 0.990. The number of nitrogens with zero attached hydrogens (tertiary/aromatic N) is 1. The van der Waals surface area contributed by atoms with Gasteiger partial charge >= 0.3 is 6.03 Å². The van der Waals surface area contributed by atoms with Gasteiger partial charge in [-0.25, -0.2) is 9.69 Å². The molecule has 1 aromatic rings. The van der Waals surface area contributed by atoms with Crippen molar-refractivity contribution >= 4 is 35.1 Å². The van der Waals surface area contributed by atoms with Crippen LogP contribution in [0.4, 0.5) is 10.5 Å². The van der Waals surface area contributed by atoms with Gasteiger partial charge in [0.15, 0.2) is 0 Å². The Bertz CT molecular complexity index is 563. The minimum atomic E-state index is -1.02. The molecule has 3 rings (SSSR count). The molecule has 0 aromatic heterocycles. The smallest absolute Gasteiger partial charge is 0.276 e. The van der Waals surface area contributed by atoms with E-state index in [-0.39, 0.29) is 0 Å². The van der Waals surface area contributed by atoms with Gasteiger partial charge in [-0.2, -0.15) is 0 Å². The van der Waals surface area contributed by atoms with Gasteiger partial charge in [0.25, 0.3) is 5.91 Å². The molecule has 0 unspecified atom stereocenters. The number of halogens is 1. The molecule has 6 heteroatoms. The van der Waals surface area contributed by atoms with Crippen molar-refractivity contribution in [1.82, 2.24) is 5.32 Å². The first kappa shape index (κ1) is 11.2. The molecule has 18 heavy (non-hydrogen) atoms. The van der Waals surface area contributed by atoms with E-state index in [1.165, 1.54) is 0 Å². The van der Waals surface area contributed by atoms with Crippen molar-refractivity contribution < 1.29 is 14.4 Å². The van der Waals surface area contributed by atoms with Gasteiger partial charge in [-0.1, -0.05) is 11.6 Å². The fourth-order valence-corrected chi connectivity index (χ4v) is 2.19. The quantitative estimate of drug-likeness (QED) is 0.785. The van der Waals surface area contributed by atoms with Crippen LogP contribution in [0.5, 0.6) is 0 Å². The van der Waals surface area contributed by atoms with Crippen molar-refractivity contribution in [3.63, 3.8) is 0 Å². The molecular formula is C12H9ClN2O3. The second kappa shape index (κ2) is 3.55. The molecule has 2 fully saturated rings. The number of hydrogen-bond donors (Lipinski definition) is 1. The van der Waals surface area contributed by atoms with Gasteiger partial charge < -0.3 is 0 Å². The fraction of sp³-hybridized carbons (Fsp3) is 0.250. The molecule has 1 aliphatic carbocycles. The summed E-state index contributed by atoms with van der Waals surface area (Å²) in [6.45, 7) is 0. The van der Waals surface area contributed by atoms with Crippen LogP contribution >= 0.6 is 11.6 Å². The second-order valence-corrected chi connectivity index (χ2v) is 4.89. The number of imide groups is 2. The van der Waals surface area contributed by atoms with Crippen molar-refractivity contribution in [1.29, 1.82) is 0 Å². The average molecular weight is 265 g/mol. The topological polar surface area (TPSA) is 66.5 Å². The zero-order valence-corrected chi connectivity index (χ0v) is 10.0. The molecule has 0 atom stereocenters. The molecule has 1 spiro atoms. The van der Waals surface area contributed by atoms with E-state index in [9.17, 15) is 14.4 Å². The first-order valence-corrected chi connectivity index (χ1v) is 5.88. The van der Waals surface area contributed by atoms with Gasteiger partial charge in [-0.3, -0.25) is 14.9 Å². The van der Waals surface area contributed by atoms with Gasteiger partial charge in [0.2, 0.25) is 5.91 Å². The molecule has 4 amide bonds. The number of nitrogens with one attached hydrogen (secondary N) is 1. The lowest BCUT2D eigenvalue weighted by Crippen LogP contribution is -2.59. The summed E-state index contributed by atoms with van der Waals surface area (Å²) in [6, 6.07) is 5.63. The molecular weight excluding hydrogens is 256 g/mol. The minimum absolute atomic E-state index is 0.417. The third-order valence-electron chi connectivity index (χ3n) is 3.31. The monoisotopic (exact) mass is 264 g/mol. The van der Waals surface area contributed by atoms with Gasteiger partial charge in [-0.05, 0) is 37.1 Å². The van der Waals surface area contributed by atoms with E-state index in [0.717, 1.165) is 4.90 Å². The summed E-state index contributed by atoms with van der Waals surface area (Å²) in [5.74, 6) is -0.929. The number of carbonyl (C=O) groups is 3. The number of benzene rings is 1. The van der Waals surface area contributed by atoms with Crippen molar-refractivity contribution in [2.75, 3.05) is 4.90 Å². The van der Waals surface area contributed by atoms with Crippen molar-refractivity contribution in [3.05, 3.63) is 29.3 Å². The van der Waals surface area contributed by atoms with E-state index in [1.54, 1.807) is 24.3 Å². The maximum atomic E-state index is 12.2. The van der Waals surface area contributed by atoms with Crippen LogP contribution in [0.1, 0.15) is 12.8 Å². The molecule has 1 heterocycles. The van der Waals surface area contributed by atoms with Crippen LogP contribution in [0.15, 0.2) is 24.3 Å². The van der Waals surface area contributed by atoms with Gasteiger partial charge in [0.05, 0.1) is 5.69 Å². The molecule has 1 aliphatic heterocycles. The maximum absolute atomic E-state index is 12.2. The number of anilines is 1. The number of hydrogen-bond acceptors (Lipinski definition) is 3. The van der Waals surface area contributed by atoms with Crippen LogP contribution in [0.3, 0.4) is 0 Å². The first-order chi connectivity index (χ1) is 8.54. The fourth-order valence-electron chi connectivity index (χ4n) is 2.07. The standard InChI is InChI=1S/C12H9ClN2O3/c13-7-1-3-8(4-2-7)15-10(17)12(5-6-12)9(16)14-11(15)18/h1-4H,5-6H2,(H,14,16,18). The number of rotatable bonds is 1. The van der Waals surface area contributed by atoms with E-state index in [2.05, 4.69) is 5.32 Å². The predicted octanol–water partition coefficient (Wildman–Crippen LogP) is 1.70. The maximum Gasteiger partial charge on any atom is 0.335 e. The highest BCUT2D eigenvalue weighted by atomic mass is 35.5. The lowest BCUT2D eigenvalue weighted by Gasteiger charge is -2.30. The SMILES string of the molecule is O=C1NC(=O)C2(CC2)C(=O)N1c1ccc(Cl)cc1. The number of carbonyl (C=O) groups excluding carboxylic acids is 3. The number of amides is 4. The zero-order valence-electron chi connectivity index (χ0n) is 9.27. The second-order valence-electron chi connectivity index (χ2n) is 4.46. The molecule has 0 radical (unpaired) electrons. The highest BCUT2D eigenvalue weighted by Gasteiger charge is 2.62. The Balaban J connectivity index is 2.00. The van der Waals surface area contributed by atoms with E-state index in [4.69, 9.17) is 11.6 Å². The van der Waals surface area contributed by atoms with Crippen molar-refractivity contribution in [2.45, 2.75) is 12.8 Å². The lowest BCUT2D eigenvalue weighted by atomic mass is 10.0. The summed E-state index contributed by atoms with van der Waals surface area (Å²) in [7, 11) is 0. The largest absolute Gasteiger partial charge is 0.335 e. The van der Waals surface area contributed by atoms with E-state index in [1.807, 2.05) is 0 Å². The minimum Gasteiger partial charge on any atom is -0.276 e. The van der Waals surface area contributed by atoms with Gasteiger partial charge in [0, 0.05) is 5.02 Å². The molecule has 1 N–H and O–H groups in total. The molecule has 0 bridgehead atoms. The van der Waals surface area contributed by atoms with Crippen LogP contribution in [0.2, 0.25) is 5.02 Å². The Hall–Kier alpha value is -1.88. The zero-order chi connectivity index (χ0) is 12.9. The van der Waals surface area contributed by atoms with Gasteiger partial charge in [0.1, 0.15) is 5.41 Å². The Morgan fingerprint density at radius 2 is 1.72 bits per heavy atom. The Morgan fingerprint density at radius 3 is 2.28 bits per heavy atom. The normalized spacial score (nSPS) is 21.2. The Labute approximate surface area is 108 Å².